The van der Waals surface area contributed by atoms with Gasteiger partial charge in [-0.3, -0.25) is 4.79 Å². The summed E-state index contributed by atoms with van der Waals surface area (Å²) >= 11 is 0. The Bertz CT molecular complexity index is 431. The van der Waals surface area contributed by atoms with Gasteiger partial charge in [0, 0.05) is 19.3 Å². The number of likely N-dealkylation sites (N-methyl/N-ethyl adjacent to an activating group) is 1. The van der Waals surface area contributed by atoms with Gasteiger partial charge < -0.3 is 16.0 Å². The van der Waals surface area contributed by atoms with E-state index in [9.17, 15) is 4.79 Å². The van der Waals surface area contributed by atoms with E-state index >= 15 is 0 Å². The number of nitrogens with two attached hydrogens (primary N) is 1. The summed E-state index contributed by atoms with van der Waals surface area (Å²) in [7, 11) is 2.04. The van der Waals surface area contributed by atoms with Crippen LogP contribution in [0.3, 0.4) is 0 Å². The minimum absolute atomic E-state index is 0.252. The molecule has 0 saturated carbocycles. The summed E-state index contributed by atoms with van der Waals surface area (Å²) in [5, 5.41) is 3.11. The Hall–Kier alpha value is -1.55. The minimum atomic E-state index is -0.282. The molecule has 0 aliphatic rings. The third-order valence-electron chi connectivity index (χ3n) is 3.31. The zero-order valence-electron chi connectivity index (χ0n) is 12.4. The van der Waals surface area contributed by atoms with Crippen molar-refractivity contribution in [2.75, 3.05) is 25.0 Å². The number of anilines is 1. The molecule has 1 amide bonds. The number of primary amides is 1. The standard InChI is InChI=1S/C15H25N3O/c1-5-17-13(15(16)19)8-9-18(4)14-7-6-11(2)10-12(14)3/h6-7,10,13,17H,5,8-9H2,1-4H3,(H2,16,19). The summed E-state index contributed by atoms with van der Waals surface area (Å²) < 4.78 is 0. The van der Waals surface area contributed by atoms with Gasteiger partial charge in [-0.2, -0.15) is 0 Å². The lowest BCUT2D eigenvalue weighted by atomic mass is 10.1. The van der Waals surface area contributed by atoms with Crippen LogP contribution in [0.1, 0.15) is 24.5 Å². The van der Waals surface area contributed by atoms with Crippen molar-refractivity contribution >= 4 is 11.6 Å². The fraction of sp³-hybridized carbons (Fsp3) is 0.533. The lowest BCUT2D eigenvalue weighted by molar-refractivity contribution is -0.120. The summed E-state index contributed by atoms with van der Waals surface area (Å²) in [6, 6.07) is 6.14. The first kappa shape index (κ1) is 15.5. The Morgan fingerprint density at radius 3 is 2.63 bits per heavy atom. The fourth-order valence-corrected chi connectivity index (χ4v) is 2.27. The molecule has 106 valence electrons. The molecule has 0 aliphatic heterocycles. The molecule has 1 rings (SSSR count). The zero-order chi connectivity index (χ0) is 14.4. The van der Waals surface area contributed by atoms with Gasteiger partial charge in [0.15, 0.2) is 0 Å². The number of nitrogens with zero attached hydrogens (tertiary/aromatic N) is 1. The molecule has 4 heteroatoms. The van der Waals surface area contributed by atoms with Gasteiger partial charge in [0.25, 0.3) is 0 Å². The number of carbonyl (C=O) groups excluding carboxylic acids is 1. The Balaban J connectivity index is 2.63. The second kappa shape index (κ2) is 7.14. The van der Waals surface area contributed by atoms with Crippen molar-refractivity contribution in [3.63, 3.8) is 0 Å². The van der Waals surface area contributed by atoms with Crippen LogP contribution in [0, 0.1) is 13.8 Å². The summed E-state index contributed by atoms with van der Waals surface area (Å²) in [4.78, 5) is 13.5. The molecule has 1 unspecified atom stereocenters. The molecule has 3 N–H and O–H groups in total. The van der Waals surface area contributed by atoms with Gasteiger partial charge in [0.1, 0.15) is 0 Å². The van der Waals surface area contributed by atoms with Crippen LogP contribution in [0.15, 0.2) is 18.2 Å². The van der Waals surface area contributed by atoms with E-state index in [0.717, 1.165) is 13.1 Å². The lowest BCUT2D eigenvalue weighted by Crippen LogP contribution is -2.43. The van der Waals surface area contributed by atoms with Crippen LogP contribution in [-0.2, 0) is 4.79 Å². The highest BCUT2D eigenvalue weighted by atomic mass is 16.1. The van der Waals surface area contributed by atoms with E-state index < -0.39 is 0 Å². The Labute approximate surface area is 116 Å². The third-order valence-corrected chi connectivity index (χ3v) is 3.31. The molecular formula is C15H25N3O. The van der Waals surface area contributed by atoms with Gasteiger partial charge >= 0.3 is 0 Å². The first-order chi connectivity index (χ1) is 8.95. The molecule has 0 aromatic heterocycles. The molecular weight excluding hydrogens is 238 g/mol. The monoisotopic (exact) mass is 263 g/mol. The molecule has 1 aromatic rings. The van der Waals surface area contributed by atoms with Crippen LogP contribution in [0.2, 0.25) is 0 Å². The molecule has 0 fully saturated rings. The van der Waals surface area contributed by atoms with Crippen molar-refractivity contribution in [3.8, 4) is 0 Å². The first-order valence-corrected chi connectivity index (χ1v) is 6.76. The molecule has 0 spiro atoms. The van der Waals surface area contributed by atoms with Crippen molar-refractivity contribution < 1.29 is 4.79 Å². The Morgan fingerprint density at radius 1 is 1.42 bits per heavy atom. The van der Waals surface area contributed by atoms with E-state index in [1.807, 2.05) is 14.0 Å². The van der Waals surface area contributed by atoms with Crippen LogP contribution < -0.4 is 16.0 Å². The van der Waals surface area contributed by atoms with Crippen LogP contribution in [0.5, 0.6) is 0 Å². The molecule has 0 heterocycles. The number of hydrogen-bond acceptors (Lipinski definition) is 3. The van der Waals surface area contributed by atoms with Crippen molar-refractivity contribution in [2.24, 2.45) is 5.73 Å². The smallest absolute Gasteiger partial charge is 0.234 e. The summed E-state index contributed by atoms with van der Waals surface area (Å²) in [5.41, 5.74) is 9.09. The Kier molecular flexibility index (Phi) is 5.83. The second-order valence-corrected chi connectivity index (χ2v) is 5.01. The number of carbonyl (C=O) groups is 1. The number of hydrogen-bond donors (Lipinski definition) is 2. The quantitative estimate of drug-likeness (QED) is 0.785. The predicted octanol–water partition coefficient (Wildman–Crippen LogP) is 1.59. The average molecular weight is 263 g/mol. The highest BCUT2D eigenvalue weighted by Gasteiger charge is 2.15. The molecule has 0 aliphatic carbocycles. The highest BCUT2D eigenvalue weighted by molar-refractivity contribution is 5.79. The van der Waals surface area contributed by atoms with E-state index in [0.29, 0.717) is 6.42 Å². The maximum atomic E-state index is 11.3. The number of benzene rings is 1. The van der Waals surface area contributed by atoms with E-state index in [2.05, 4.69) is 42.3 Å². The van der Waals surface area contributed by atoms with Crippen molar-refractivity contribution in [1.29, 1.82) is 0 Å². The van der Waals surface area contributed by atoms with E-state index in [4.69, 9.17) is 5.73 Å². The van der Waals surface area contributed by atoms with E-state index in [-0.39, 0.29) is 11.9 Å². The molecule has 1 atom stereocenters. The highest BCUT2D eigenvalue weighted by Crippen LogP contribution is 2.20. The number of amides is 1. The number of nitrogens with one attached hydrogen (secondary N) is 1. The van der Waals surface area contributed by atoms with Crippen LogP contribution in [0.25, 0.3) is 0 Å². The molecule has 19 heavy (non-hydrogen) atoms. The van der Waals surface area contributed by atoms with Gasteiger partial charge in [0.05, 0.1) is 6.04 Å². The topological polar surface area (TPSA) is 58.4 Å². The van der Waals surface area contributed by atoms with Gasteiger partial charge in [0.2, 0.25) is 5.91 Å². The zero-order valence-corrected chi connectivity index (χ0v) is 12.4. The number of rotatable bonds is 7. The van der Waals surface area contributed by atoms with Gasteiger partial charge in [-0.15, -0.1) is 0 Å². The van der Waals surface area contributed by atoms with Crippen LogP contribution >= 0.6 is 0 Å². The number of aryl methyl sites for hydroxylation is 2. The lowest BCUT2D eigenvalue weighted by Gasteiger charge is -2.24. The van der Waals surface area contributed by atoms with Crippen molar-refractivity contribution in [1.82, 2.24) is 5.32 Å². The maximum absolute atomic E-state index is 11.3. The molecule has 0 saturated heterocycles. The van der Waals surface area contributed by atoms with E-state index in [1.165, 1.54) is 16.8 Å². The predicted molar refractivity (Wildman–Crippen MR) is 80.5 cm³/mol. The van der Waals surface area contributed by atoms with E-state index in [1.54, 1.807) is 0 Å². The van der Waals surface area contributed by atoms with Gasteiger partial charge in [-0.05, 0) is 38.4 Å². The summed E-state index contributed by atoms with van der Waals surface area (Å²) in [5.74, 6) is -0.282. The Morgan fingerprint density at radius 2 is 2.11 bits per heavy atom. The maximum Gasteiger partial charge on any atom is 0.234 e. The fourth-order valence-electron chi connectivity index (χ4n) is 2.27. The first-order valence-electron chi connectivity index (χ1n) is 6.76. The third kappa shape index (κ3) is 4.56. The second-order valence-electron chi connectivity index (χ2n) is 5.01. The average Bonchev–Trinajstić information content (AvgIpc) is 2.33. The molecule has 4 nitrogen and oxygen atoms in total. The molecule has 1 aromatic carbocycles. The summed E-state index contributed by atoms with van der Waals surface area (Å²) in [6.45, 7) is 7.72. The minimum Gasteiger partial charge on any atom is -0.374 e. The van der Waals surface area contributed by atoms with Crippen LogP contribution in [0.4, 0.5) is 5.69 Å². The SMILES string of the molecule is CCNC(CCN(C)c1ccc(C)cc1C)C(N)=O. The van der Waals surface area contributed by atoms with Gasteiger partial charge in [-0.1, -0.05) is 24.6 Å². The van der Waals surface area contributed by atoms with Crippen LogP contribution in [-0.4, -0.2) is 32.1 Å². The molecule has 0 radical (unpaired) electrons. The van der Waals surface area contributed by atoms with Crippen molar-refractivity contribution in [2.45, 2.75) is 33.2 Å². The van der Waals surface area contributed by atoms with Crippen molar-refractivity contribution in [3.05, 3.63) is 29.3 Å². The summed E-state index contributed by atoms with van der Waals surface area (Å²) in [6.07, 6.45) is 0.715. The molecule has 0 bridgehead atoms. The normalized spacial score (nSPS) is 12.2. The largest absolute Gasteiger partial charge is 0.374 e. The van der Waals surface area contributed by atoms with Gasteiger partial charge in [-0.25, -0.2) is 0 Å².